The number of ether oxygens (including phenoxy) is 1. The van der Waals surface area contributed by atoms with Crippen molar-refractivity contribution in [2.24, 2.45) is 17.8 Å². The van der Waals surface area contributed by atoms with Crippen molar-refractivity contribution in [2.75, 3.05) is 13.1 Å². The van der Waals surface area contributed by atoms with Crippen molar-refractivity contribution in [1.29, 1.82) is 0 Å². The fourth-order valence-electron chi connectivity index (χ4n) is 6.73. The number of hydrogen-bond acceptors (Lipinski definition) is 4. The van der Waals surface area contributed by atoms with Crippen LogP contribution in [0.1, 0.15) is 50.5 Å². The summed E-state index contributed by atoms with van der Waals surface area (Å²) in [6.07, 6.45) is 6.21. The number of benzene rings is 1. The summed E-state index contributed by atoms with van der Waals surface area (Å²) in [7, 11) is 0. The summed E-state index contributed by atoms with van der Waals surface area (Å²) in [4.78, 5) is 27.1. The quantitative estimate of drug-likeness (QED) is 0.674. The summed E-state index contributed by atoms with van der Waals surface area (Å²) >= 11 is 0. The molecule has 7 nitrogen and oxygen atoms in total. The molecule has 1 aromatic rings. The molecular weight excluding hydrogens is 394 g/mol. The molecule has 3 amide bonds. The first-order valence-electron chi connectivity index (χ1n) is 11.7. The Balaban J connectivity index is 1.11. The Bertz CT molecular complexity index is 800. The maximum atomic E-state index is 13.1. The molecule has 1 aromatic carbocycles. The van der Waals surface area contributed by atoms with Crippen LogP contribution >= 0.6 is 0 Å². The molecule has 6 rings (SSSR count). The zero-order chi connectivity index (χ0) is 21.4. The Labute approximate surface area is 183 Å². The highest BCUT2D eigenvalue weighted by molar-refractivity contribution is 5.75. The van der Waals surface area contributed by atoms with Crippen molar-refractivity contribution < 1.29 is 19.4 Å². The Morgan fingerprint density at radius 1 is 1.13 bits per heavy atom. The second-order valence-electron chi connectivity index (χ2n) is 10.1. The highest BCUT2D eigenvalue weighted by atomic mass is 16.5. The van der Waals surface area contributed by atoms with Crippen LogP contribution in [0.5, 0.6) is 0 Å². The van der Waals surface area contributed by atoms with E-state index >= 15 is 0 Å². The monoisotopic (exact) mass is 427 g/mol. The largest absolute Gasteiger partial charge is 0.445 e. The second kappa shape index (κ2) is 8.34. The third-order valence-corrected chi connectivity index (χ3v) is 7.86. The average molecular weight is 428 g/mol. The van der Waals surface area contributed by atoms with Gasteiger partial charge in [-0.3, -0.25) is 0 Å². The fourth-order valence-corrected chi connectivity index (χ4v) is 6.73. The number of aliphatic hydroxyl groups is 1. The number of carbonyl (C=O) groups is 2. The molecule has 3 N–H and O–H groups in total. The first-order valence-corrected chi connectivity index (χ1v) is 11.7. The van der Waals surface area contributed by atoms with Crippen molar-refractivity contribution in [3.8, 4) is 0 Å². The molecule has 4 saturated carbocycles. The van der Waals surface area contributed by atoms with Gasteiger partial charge >= 0.3 is 12.1 Å². The molecule has 5 fully saturated rings. The van der Waals surface area contributed by atoms with Gasteiger partial charge in [-0.15, -0.1) is 0 Å². The molecule has 1 aliphatic heterocycles. The number of alkyl carbamates (subject to hydrolysis) is 1. The standard InChI is InChI=1S/C24H33N3O4/c28-22(26-21-18-9-17-10-19(21)13-24(30,11-17)12-18)27-8-4-7-20(27)14-25-23(29)31-15-16-5-2-1-3-6-16/h1-3,5-6,17-21,30H,4,7-15H2,(H,25,29)(H,26,28)/t17?,18?,19?,20-,21?,24?/m1/s1. The lowest BCUT2D eigenvalue weighted by Crippen LogP contribution is -2.63. The van der Waals surface area contributed by atoms with Gasteiger partial charge in [0.25, 0.3) is 0 Å². The van der Waals surface area contributed by atoms with Gasteiger partial charge in [-0.1, -0.05) is 30.3 Å². The number of urea groups is 1. The lowest BCUT2D eigenvalue weighted by molar-refractivity contribution is -0.137. The molecule has 31 heavy (non-hydrogen) atoms. The molecular formula is C24H33N3O4. The van der Waals surface area contributed by atoms with E-state index in [9.17, 15) is 14.7 Å². The van der Waals surface area contributed by atoms with E-state index in [-0.39, 0.29) is 24.7 Å². The van der Waals surface area contributed by atoms with E-state index in [1.54, 1.807) is 0 Å². The first kappa shape index (κ1) is 20.6. The van der Waals surface area contributed by atoms with Gasteiger partial charge in [0.1, 0.15) is 6.61 Å². The van der Waals surface area contributed by atoms with Gasteiger partial charge in [-0.2, -0.15) is 0 Å². The summed E-state index contributed by atoms with van der Waals surface area (Å²) in [6.45, 7) is 1.35. The van der Waals surface area contributed by atoms with Crippen LogP contribution in [0.15, 0.2) is 30.3 Å². The van der Waals surface area contributed by atoms with Crippen LogP contribution in [-0.2, 0) is 11.3 Å². The molecule has 1 saturated heterocycles. The topological polar surface area (TPSA) is 90.9 Å². The molecule has 3 atom stereocenters. The van der Waals surface area contributed by atoms with Gasteiger partial charge in [0, 0.05) is 19.1 Å². The van der Waals surface area contributed by atoms with Crippen molar-refractivity contribution >= 4 is 12.1 Å². The summed E-state index contributed by atoms with van der Waals surface area (Å²) < 4.78 is 5.29. The van der Waals surface area contributed by atoms with E-state index in [0.717, 1.165) is 50.5 Å². The molecule has 0 radical (unpaired) electrons. The fraction of sp³-hybridized carbons (Fsp3) is 0.667. The van der Waals surface area contributed by atoms with E-state index in [1.165, 1.54) is 0 Å². The van der Waals surface area contributed by atoms with Gasteiger partial charge in [0.2, 0.25) is 0 Å². The Morgan fingerprint density at radius 3 is 2.58 bits per heavy atom. The predicted molar refractivity (Wildman–Crippen MR) is 115 cm³/mol. The number of hydrogen-bond donors (Lipinski definition) is 3. The average Bonchev–Trinajstić information content (AvgIpc) is 3.21. The Kier molecular flexibility index (Phi) is 5.54. The van der Waals surface area contributed by atoms with Crippen LogP contribution in [0.2, 0.25) is 0 Å². The molecule has 7 heteroatoms. The molecule has 0 spiro atoms. The van der Waals surface area contributed by atoms with Crippen molar-refractivity contribution in [3.05, 3.63) is 35.9 Å². The van der Waals surface area contributed by atoms with Gasteiger partial charge in [-0.25, -0.2) is 9.59 Å². The van der Waals surface area contributed by atoms with Crippen molar-refractivity contribution in [2.45, 2.75) is 69.2 Å². The smallest absolute Gasteiger partial charge is 0.407 e. The molecule has 1 heterocycles. The van der Waals surface area contributed by atoms with Gasteiger partial charge in [0.05, 0.1) is 11.6 Å². The van der Waals surface area contributed by atoms with E-state index in [1.807, 2.05) is 35.2 Å². The molecule has 5 aliphatic rings. The zero-order valence-corrected chi connectivity index (χ0v) is 18.0. The number of likely N-dealkylation sites (tertiary alicyclic amines) is 1. The van der Waals surface area contributed by atoms with Gasteiger partial charge < -0.3 is 25.4 Å². The first-order chi connectivity index (χ1) is 15.0. The lowest BCUT2D eigenvalue weighted by atomic mass is 9.52. The maximum Gasteiger partial charge on any atom is 0.407 e. The minimum Gasteiger partial charge on any atom is -0.445 e. The molecule has 0 aromatic heterocycles. The van der Waals surface area contributed by atoms with E-state index in [4.69, 9.17) is 4.74 Å². The summed E-state index contributed by atoms with van der Waals surface area (Å²) in [5, 5.41) is 16.9. The number of rotatable bonds is 5. The second-order valence-corrected chi connectivity index (χ2v) is 10.1. The molecule has 4 bridgehead atoms. The van der Waals surface area contributed by atoms with E-state index in [0.29, 0.717) is 30.8 Å². The third-order valence-electron chi connectivity index (χ3n) is 7.86. The summed E-state index contributed by atoms with van der Waals surface area (Å²) in [5.74, 6) is 1.42. The highest BCUT2D eigenvalue weighted by Crippen LogP contribution is 2.55. The van der Waals surface area contributed by atoms with Crippen molar-refractivity contribution in [3.63, 3.8) is 0 Å². The Hall–Kier alpha value is -2.28. The molecule has 2 unspecified atom stereocenters. The third kappa shape index (κ3) is 4.38. The maximum absolute atomic E-state index is 13.1. The highest BCUT2D eigenvalue weighted by Gasteiger charge is 2.55. The summed E-state index contributed by atoms with van der Waals surface area (Å²) in [5.41, 5.74) is 0.456. The Morgan fingerprint density at radius 2 is 1.87 bits per heavy atom. The van der Waals surface area contributed by atoms with Crippen LogP contribution in [0.25, 0.3) is 0 Å². The van der Waals surface area contributed by atoms with Crippen LogP contribution in [0.3, 0.4) is 0 Å². The van der Waals surface area contributed by atoms with Crippen LogP contribution in [-0.4, -0.2) is 52.9 Å². The molecule has 168 valence electrons. The number of nitrogens with one attached hydrogen (secondary N) is 2. The number of amides is 3. The van der Waals surface area contributed by atoms with E-state index in [2.05, 4.69) is 10.6 Å². The normalized spacial score (nSPS) is 35.8. The van der Waals surface area contributed by atoms with Crippen LogP contribution in [0, 0.1) is 17.8 Å². The predicted octanol–water partition coefficient (Wildman–Crippen LogP) is 3.03. The van der Waals surface area contributed by atoms with Crippen LogP contribution < -0.4 is 10.6 Å². The minimum absolute atomic E-state index is 0.00899. The van der Waals surface area contributed by atoms with Crippen molar-refractivity contribution in [1.82, 2.24) is 15.5 Å². The zero-order valence-electron chi connectivity index (χ0n) is 18.0. The number of carbonyl (C=O) groups excluding carboxylic acids is 2. The van der Waals surface area contributed by atoms with Crippen LogP contribution in [0.4, 0.5) is 9.59 Å². The van der Waals surface area contributed by atoms with Gasteiger partial charge in [0.15, 0.2) is 0 Å². The number of nitrogens with zero attached hydrogens (tertiary/aromatic N) is 1. The SMILES string of the molecule is O=C(NC[C@H]1CCCN1C(=O)NC1C2CC3CC1CC(O)(C3)C2)OCc1ccccc1. The summed E-state index contributed by atoms with van der Waals surface area (Å²) in [6, 6.07) is 9.73. The minimum atomic E-state index is -0.488. The van der Waals surface area contributed by atoms with E-state index < -0.39 is 11.7 Å². The lowest BCUT2D eigenvalue weighted by Gasteiger charge is -2.58. The molecule has 4 aliphatic carbocycles. The van der Waals surface area contributed by atoms with Gasteiger partial charge in [-0.05, 0) is 68.3 Å².